The van der Waals surface area contributed by atoms with Gasteiger partial charge in [-0.2, -0.15) is 13.2 Å². The molecule has 0 radical (unpaired) electrons. The van der Waals surface area contributed by atoms with Crippen molar-refractivity contribution < 1.29 is 27.9 Å². The molecule has 10 heteroatoms. The van der Waals surface area contributed by atoms with Crippen LogP contribution in [-0.4, -0.2) is 88.2 Å². The van der Waals surface area contributed by atoms with Crippen LogP contribution in [0, 0.1) is 5.92 Å². The standard InChI is InChI=1S/C19H30N4O.C2HF3O2/c1-16(2)14-23-13-12-21(3)18(24)19(23)7-10-22(11-8-19)15-17-6-4-5-9-20-17;3-2(4,5)1(6)7/h4-6,9,16H,7-8,10-15H2,1-3H3;(H,6,7). The molecule has 0 aromatic carbocycles. The molecule has 1 N–H and O–H groups in total. The van der Waals surface area contributed by atoms with Gasteiger partial charge < -0.3 is 10.0 Å². The predicted molar refractivity (Wildman–Crippen MR) is 109 cm³/mol. The van der Waals surface area contributed by atoms with Crippen LogP contribution in [0.5, 0.6) is 0 Å². The van der Waals surface area contributed by atoms with Gasteiger partial charge >= 0.3 is 12.1 Å². The fraction of sp³-hybridized carbons (Fsp3) is 0.667. The summed E-state index contributed by atoms with van der Waals surface area (Å²) in [5, 5.41) is 7.12. The van der Waals surface area contributed by atoms with Crippen molar-refractivity contribution in [3.8, 4) is 0 Å². The largest absolute Gasteiger partial charge is 0.490 e. The van der Waals surface area contributed by atoms with Crippen molar-refractivity contribution in [2.75, 3.05) is 39.8 Å². The summed E-state index contributed by atoms with van der Waals surface area (Å²) in [6.45, 7) is 10.2. The Morgan fingerprint density at radius 3 is 2.29 bits per heavy atom. The Kier molecular flexibility index (Phi) is 8.41. The lowest BCUT2D eigenvalue weighted by Crippen LogP contribution is -2.68. The molecule has 0 atom stereocenters. The summed E-state index contributed by atoms with van der Waals surface area (Å²) >= 11 is 0. The molecule has 2 fully saturated rings. The summed E-state index contributed by atoms with van der Waals surface area (Å²) in [6.07, 6.45) is -1.38. The highest BCUT2D eigenvalue weighted by atomic mass is 19.4. The van der Waals surface area contributed by atoms with Crippen LogP contribution in [0.1, 0.15) is 32.4 Å². The Morgan fingerprint density at radius 2 is 1.81 bits per heavy atom. The number of pyridine rings is 1. The molecule has 0 bridgehead atoms. The molecule has 0 aliphatic carbocycles. The minimum atomic E-state index is -5.08. The molecule has 1 aromatic heterocycles. The third-order valence-corrected chi connectivity index (χ3v) is 5.68. The Morgan fingerprint density at radius 1 is 1.19 bits per heavy atom. The summed E-state index contributed by atoms with van der Waals surface area (Å²) in [5.41, 5.74) is 0.831. The summed E-state index contributed by atoms with van der Waals surface area (Å²) < 4.78 is 31.7. The first-order chi connectivity index (χ1) is 14.5. The lowest BCUT2D eigenvalue weighted by molar-refractivity contribution is -0.192. The van der Waals surface area contributed by atoms with E-state index in [0.717, 1.165) is 57.8 Å². The first kappa shape index (κ1) is 25.1. The van der Waals surface area contributed by atoms with Crippen molar-refractivity contribution in [2.45, 2.75) is 44.9 Å². The van der Waals surface area contributed by atoms with E-state index in [1.54, 1.807) is 0 Å². The third-order valence-electron chi connectivity index (χ3n) is 5.68. The molecule has 1 aromatic rings. The number of carbonyl (C=O) groups is 2. The van der Waals surface area contributed by atoms with Crippen LogP contribution >= 0.6 is 0 Å². The second kappa shape index (κ2) is 10.4. The van der Waals surface area contributed by atoms with E-state index in [0.29, 0.717) is 11.8 Å². The molecule has 2 aliphatic heterocycles. The second-order valence-corrected chi connectivity index (χ2v) is 8.50. The normalized spacial score (nSPS) is 20.0. The van der Waals surface area contributed by atoms with Crippen LogP contribution in [-0.2, 0) is 16.1 Å². The zero-order valence-electron chi connectivity index (χ0n) is 18.2. The average molecular weight is 444 g/mol. The van der Waals surface area contributed by atoms with Gasteiger partial charge in [-0.05, 0) is 30.9 Å². The highest BCUT2D eigenvalue weighted by Crippen LogP contribution is 2.34. The smallest absolute Gasteiger partial charge is 0.475 e. The Hall–Kier alpha value is -2.20. The highest BCUT2D eigenvalue weighted by molar-refractivity contribution is 5.87. The van der Waals surface area contributed by atoms with Gasteiger partial charge in [-0.25, -0.2) is 4.79 Å². The number of carbonyl (C=O) groups excluding carboxylic acids is 1. The zero-order chi connectivity index (χ0) is 23.2. The topological polar surface area (TPSA) is 77.0 Å². The molecule has 7 nitrogen and oxygen atoms in total. The average Bonchev–Trinajstić information content (AvgIpc) is 2.70. The van der Waals surface area contributed by atoms with Crippen molar-refractivity contribution >= 4 is 11.9 Å². The third kappa shape index (κ3) is 6.64. The van der Waals surface area contributed by atoms with Gasteiger partial charge in [0.05, 0.1) is 5.69 Å². The maximum atomic E-state index is 13.0. The summed E-state index contributed by atoms with van der Waals surface area (Å²) in [7, 11) is 1.96. The van der Waals surface area contributed by atoms with Gasteiger partial charge in [-0.1, -0.05) is 19.9 Å². The van der Waals surface area contributed by atoms with E-state index >= 15 is 0 Å². The fourth-order valence-electron chi connectivity index (χ4n) is 4.12. The van der Waals surface area contributed by atoms with Crippen molar-refractivity contribution in [3.63, 3.8) is 0 Å². The highest BCUT2D eigenvalue weighted by Gasteiger charge is 2.49. The number of aromatic nitrogens is 1. The molecule has 1 spiro atoms. The number of likely N-dealkylation sites (N-methyl/N-ethyl adjacent to an activating group) is 1. The number of piperidine rings is 1. The molecule has 31 heavy (non-hydrogen) atoms. The number of likely N-dealkylation sites (tertiary alicyclic amines) is 1. The van der Waals surface area contributed by atoms with Gasteiger partial charge in [0.25, 0.3) is 0 Å². The number of hydrogen-bond donors (Lipinski definition) is 1. The van der Waals surface area contributed by atoms with E-state index in [-0.39, 0.29) is 5.54 Å². The molecule has 0 saturated carbocycles. The van der Waals surface area contributed by atoms with Gasteiger partial charge in [-0.15, -0.1) is 0 Å². The molecule has 2 saturated heterocycles. The van der Waals surface area contributed by atoms with E-state index < -0.39 is 12.1 Å². The van der Waals surface area contributed by atoms with Gasteiger partial charge in [0.15, 0.2) is 0 Å². The van der Waals surface area contributed by atoms with Crippen LogP contribution < -0.4 is 0 Å². The number of hydrogen-bond acceptors (Lipinski definition) is 5. The van der Waals surface area contributed by atoms with Crippen molar-refractivity contribution in [3.05, 3.63) is 30.1 Å². The van der Waals surface area contributed by atoms with Gasteiger partial charge in [0, 0.05) is 52.5 Å². The first-order valence-corrected chi connectivity index (χ1v) is 10.4. The van der Waals surface area contributed by atoms with Crippen LogP contribution in [0.4, 0.5) is 13.2 Å². The molecular formula is C21H31F3N4O3. The van der Waals surface area contributed by atoms with E-state index in [4.69, 9.17) is 9.90 Å². The molecule has 2 aliphatic rings. The zero-order valence-corrected chi connectivity index (χ0v) is 18.2. The number of nitrogens with zero attached hydrogens (tertiary/aromatic N) is 4. The fourth-order valence-corrected chi connectivity index (χ4v) is 4.12. The maximum absolute atomic E-state index is 13.0. The van der Waals surface area contributed by atoms with Gasteiger partial charge in [0.1, 0.15) is 5.54 Å². The SMILES string of the molecule is CC(C)CN1CCN(C)C(=O)C12CCN(Cc1ccccn1)CC2.O=C(O)C(F)(F)F. The van der Waals surface area contributed by atoms with E-state index in [1.807, 2.05) is 30.3 Å². The number of aliphatic carboxylic acids is 1. The lowest BCUT2D eigenvalue weighted by Gasteiger charge is -2.52. The van der Waals surface area contributed by atoms with E-state index in [1.165, 1.54) is 0 Å². The minimum Gasteiger partial charge on any atom is -0.475 e. The van der Waals surface area contributed by atoms with Crippen LogP contribution in [0.15, 0.2) is 24.4 Å². The number of rotatable bonds is 4. The quantitative estimate of drug-likeness (QED) is 0.769. The molecular weight excluding hydrogens is 413 g/mol. The molecule has 1 amide bonds. The molecule has 3 rings (SSSR count). The lowest BCUT2D eigenvalue weighted by atomic mass is 9.82. The van der Waals surface area contributed by atoms with Crippen LogP contribution in [0.2, 0.25) is 0 Å². The van der Waals surface area contributed by atoms with E-state index in [9.17, 15) is 18.0 Å². The summed E-state index contributed by atoms with van der Waals surface area (Å²) in [4.78, 5) is 33.2. The minimum absolute atomic E-state index is 0.280. The summed E-state index contributed by atoms with van der Waals surface area (Å²) in [6, 6.07) is 6.07. The van der Waals surface area contributed by atoms with Gasteiger partial charge in [0.2, 0.25) is 5.91 Å². The molecule has 174 valence electrons. The molecule has 0 unspecified atom stereocenters. The van der Waals surface area contributed by atoms with Crippen molar-refractivity contribution in [1.29, 1.82) is 0 Å². The Bertz CT molecular complexity index is 735. The number of halogens is 3. The Balaban J connectivity index is 0.000000423. The van der Waals surface area contributed by atoms with E-state index in [2.05, 4.69) is 34.7 Å². The molecule has 3 heterocycles. The van der Waals surface area contributed by atoms with Crippen molar-refractivity contribution in [2.24, 2.45) is 5.92 Å². The summed E-state index contributed by atoms with van der Waals surface area (Å²) in [5.74, 6) is -1.84. The number of piperazine rings is 1. The number of carboxylic acid groups (broad SMARTS) is 1. The van der Waals surface area contributed by atoms with Crippen molar-refractivity contribution in [1.82, 2.24) is 19.7 Å². The number of carboxylic acids is 1. The first-order valence-electron chi connectivity index (χ1n) is 10.4. The van der Waals surface area contributed by atoms with Gasteiger partial charge in [-0.3, -0.25) is 19.6 Å². The predicted octanol–water partition coefficient (Wildman–Crippen LogP) is 2.48. The Labute approximate surface area is 180 Å². The maximum Gasteiger partial charge on any atom is 0.490 e. The number of amides is 1. The van der Waals surface area contributed by atoms with Crippen LogP contribution in [0.3, 0.4) is 0 Å². The van der Waals surface area contributed by atoms with Crippen LogP contribution in [0.25, 0.3) is 0 Å². The second-order valence-electron chi connectivity index (χ2n) is 8.50. The number of alkyl halides is 3. The monoisotopic (exact) mass is 444 g/mol.